The quantitative estimate of drug-likeness (QED) is 0.405. The van der Waals surface area contributed by atoms with Gasteiger partial charge in [0.05, 0.1) is 33.4 Å². The fourth-order valence-electron chi connectivity index (χ4n) is 3.89. The zero-order valence-corrected chi connectivity index (χ0v) is 19.6. The van der Waals surface area contributed by atoms with Crippen molar-refractivity contribution in [2.45, 2.75) is 25.8 Å². The van der Waals surface area contributed by atoms with E-state index in [4.69, 9.17) is 18.6 Å². The maximum atomic E-state index is 13.2. The number of esters is 2. The SMILES string of the molecule is C=CCOC(=O)C1=C(C)N(Cc2ccc(C(=O)OC)o2)C(=O)CC1c1cc(OC)ccc1OC. The molecule has 0 radical (unpaired) electrons. The highest BCUT2D eigenvalue weighted by Gasteiger charge is 2.38. The molecule has 9 heteroatoms. The van der Waals surface area contributed by atoms with E-state index in [1.165, 1.54) is 38.4 Å². The van der Waals surface area contributed by atoms with Crippen molar-refractivity contribution in [3.05, 3.63) is 71.3 Å². The van der Waals surface area contributed by atoms with Gasteiger partial charge in [-0.25, -0.2) is 9.59 Å². The highest BCUT2D eigenvalue weighted by molar-refractivity contribution is 5.96. The van der Waals surface area contributed by atoms with E-state index >= 15 is 0 Å². The van der Waals surface area contributed by atoms with Crippen molar-refractivity contribution < 1.29 is 37.7 Å². The fraction of sp³-hybridized carbons (Fsp3) is 0.320. The summed E-state index contributed by atoms with van der Waals surface area (Å²) in [5.41, 5.74) is 1.36. The largest absolute Gasteiger partial charge is 0.497 e. The minimum Gasteiger partial charge on any atom is -0.497 e. The van der Waals surface area contributed by atoms with Gasteiger partial charge in [0.2, 0.25) is 11.7 Å². The Labute approximate surface area is 197 Å². The molecule has 0 saturated carbocycles. The Balaban J connectivity index is 2.06. The number of furan rings is 1. The number of rotatable bonds is 9. The van der Waals surface area contributed by atoms with E-state index in [-0.39, 0.29) is 31.2 Å². The van der Waals surface area contributed by atoms with Crippen LogP contribution in [0, 0.1) is 0 Å². The van der Waals surface area contributed by atoms with Crippen LogP contribution in [0.3, 0.4) is 0 Å². The molecule has 1 atom stereocenters. The summed E-state index contributed by atoms with van der Waals surface area (Å²) in [6, 6.07) is 8.26. The van der Waals surface area contributed by atoms with Gasteiger partial charge >= 0.3 is 11.9 Å². The molecule has 0 aliphatic carbocycles. The van der Waals surface area contributed by atoms with Gasteiger partial charge in [0.1, 0.15) is 23.9 Å². The molecule has 0 saturated heterocycles. The lowest BCUT2D eigenvalue weighted by Gasteiger charge is -2.34. The molecule has 1 aromatic heterocycles. The van der Waals surface area contributed by atoms with Crippen LogP contribution < -0.4 is 9.47 Å². The zero-order chi connectivity index (χ0) is 24.8. The summed E-state index contributed by atoms with van der Waals surface area (Å²) in [7, 11) is 4.30. The number of benzene rings is 1. The Morgan fingerprint density at radius 3 is 2.56 bits per heavy atom. The molecule has 3 rings (SSSR count). The molecule has 180 valence electrons. The van der Waals surface area contributed by atoms with Gasteiger partial charge in [0, 0.05) is 23.6 Å². The van der Waals surface area contributed by atoms with Gasteiger partial charge in [0.15, 0.2) is 0 Å². The van der Waals surface area contributed by atoms with Crippen molar-refractivity contribution >= 4 is 17.8 Å². The van der Waals surface area contributed by atoms with E-state index in [1.807, 2.05) is 0 Å². The van der Waals surface area contributed by atoms with Crippen LogP contribution in [0.15, 0.2) is 58.7 Å². The minimum absolute atomic E-state index is 0.00996. The minimum atomic E-state index is -0.623. The predicted molar refractivity (Wildman–Crippen MR) is 121 cm³/mol. The number of ether oxygens (including phenoxy) is 4. The molecular weight excluding hydrogens is 442 g/mol. The van der Waals surface area contributed by atoms with Crippen molar-refractivity contribution in [2.75, 3.05) is 27.9 Å². The van der Waals surface area contributed by atoms with Crippen LogP contribution in [0.1, 0.15) is 41.1 Å². The lowest BCUT2D eigenvalue weighted by Crippen LogP contribution is -2.38. The fourth-order valence-corrected chi connectivity index (χ4v) is 3.89. The molecule has 0 N–H and O–H groups in total. The molecule has 2 aromatic rings. The maximum absolute atomic E-state index is 13.2. The molecule has 34 heavy (non-hydrogen) atoms. The molecule has 0 fully saturated rings. The van der Waals surface area contributed by atoms with Crippen LogP contribution >= 0.6 is 0 Å². The molecule has 1 aromatic carbocycles. The Hall–Kier alpha value is -4.01. The smallest absolute Gasteiger partial charge is 0.373 e. The third-order valence-corrected chi connectivity index (χ3v) is 5.55. The van der Waals surface area contributed by atoms with E-state index in [1.54, 1.807) is 31.2 Å². The summed E-state index contributed by atoms with van der Waals surface area (Å²) in [5.74, 6) is -0.577. The van der Waals surface area contributed by atoms with Gasteiger partial charge in [-0.05, 0) is 37.3 Å². The molecule has 9 nitrogen and oxygen atoms in total. The summed E-state index contributed by atoms with van der Waals surface area (Å²) in [4.78, 5) is 39.5. The Bertz CT molecular complexity index is 1130. The number of nitrogens with zero attached hydrogens (tertiary/aromatic N) is 1. The monoisotopic (exact) mass is 469 g/mol. The van der Waals surface area contributed by atoms with Gasteiger partial charge in [-0.1, -0.05) is 12.7 Å². The summed E-state index contributed by atoms with van der Waals surface area (Å²) < 4.78 is 26.4. The Morgan fingerprint density at radius 1 is 1.15 bits per heavy atom. The van der Waals surface area contributed by atoms with Gasteiger partial charge in [-0.3, -0.25) is 4.79 Å². The molecule has 1 amide bonds. The summed E-state index contributed by atoms with van der Waals surface area (Å²) >= 11 is 0. The number of amides is 1. The van der Waals surface area contributed by atoms with Crippen LogP contribution in [0.5, 0.6) is 11.5 Å². The zero-order valence-electron chi connectivity index (χ0n) is 19.6. The average molecular weight is 469 g/mol. The second kappa shape index (κ2) is 10.7. The second-order valence-corrected chi connectivity index (χ2v) is 7.49. The van der Waals surface area contributed by atoms with E-state index in [0.29, 0.717) is 34.1 Å². The van der Waals surface area contributed by atoms with Crippen molar-refractivity contribution in [1.29, 1.82) is 0 Å². The van der Waals surface area contributed by atoms with Gasteiger partial charge in [0.25, 0.3) is 0 Å². The summed E-state index contributed by atoms with van der Waals surface area (Å²) in [6.45, 7) is 5.31. The molecule has 0 spiro atoms. The third kappa shape index (κ3) is 4.98. The van der Waals surface area contributed by atoms with Crippen LogP contribution in [0.25, 0.3) is 0 Å². The van der Waals surface area contributed by atoms with Crippen molar-refractivity contribution in [3.8, 4) is 11.5 Å². The summed E-state index contributed by atoms with van der Waals surface area (Å²) in [5, 5.41) is 0. The third-order valence-electron chi connectivity index (χ3n) is 5.55. The molecule has 2 heterocycles. The number of allylic oxidation sites excluding steroid dienone is 1. The van der Waals surface area contributed by atoms with E-state index in [2.05, 4.69) is 11.3 Å². The first-order chi connectivity index (χ1) is 16.3. The Morgan fingerprint density at radius 2 is 1.91 bits per heavy atom. The first-order valence-corrected chi connectivity index (χ1v) is 10.5. The first-order valence-electron chi connectivity index (χ1n) is 10.5. The van der Waals surface area contributed by atoms with E-state index in [0.717, 1.165) is 0 Å². The molecule has 0 bridgehead atoms. The molecule has 1 aliphatic rings. The van der Waals surface area contributed by atoms with Gasteiger partial charge in [-0.15, -0.1) is 0 Å². The topological polar surface area (TPSA) is 105 Å². The molecule has 1 unspecified atom stereocenters. The standard InChI is InChI=1S/C25H27NO8/c1-6-11-33-25(29)23-15(2)26(14-17-8-10-21(34-17)24(28)32-5)22(27)13-19(23)18-12-16(30-3)7-9-20(18)31-4/h6-10,12,19H,1,11,13-14H2,2-5H3. The number of carbonyl (C=O) groups excluding carboxylic acids is 3. The lowest BCUT2D eigenvalue weighted by molar-refractivity contribution is -0.139. The van der Waals surface area contributed by atoms with Crippen LogP contribution in [-0.4, -0.2) is 50.7 Å². The van der Waals surface area contributed by atoms with Crippen molar-refractivity contribution in [3.63, 3.8) is 0 Å². The van der Waals surface area contributed by atoms with Crippen molar-refractivity contribution in [2.24, 2.45) is 0 Å². The molecular formula is C25H27NO8. The van der Waals surface area contributed by atoms with Gasteiger partial charge < -0.3 is 28.3 Å². The van der Waals surface area contributed by atoms with Crippen molar-refractivity contribution in [1.82, 2.24) is 4.90 Å². The number of methoxy groups -OCH3 is 3. The normalized spacial score (nSPS) is 15.7. The average Bonchev–Trinajstić information content (AvgIpc) is 3.32. The predicted octanol–water partition coefficient (Wildman–Crippen LogP) is 3.60. The van der Waals surface area contributed by atoms with Crippen LogP contribution in [0.2, 0.25) is 0 Å². The highest BCUT2D eigenvalue weighted by Crippen LogP contribution is 2.42. The number of hydrogen-bond acceptors (Lipinski definition) is 8. The second-order valence-electron chi connectivity index (χ2n) is 7.49. The first kappa shape index (κ1) is 24.6. The summed E-state index contributed by atoms with van der Waals surface area (Å²) in [6.07, 6.45) is 1.46. The van der Waals surface area contributed by atoms with E-state index in [9.17, 15) is 14.4 Å². The number of carbonyl (C=O) groups is 3. The van der Waals surface area contributed by atoms with Crippen LogP contribution in [0.4, 0.5) is 0 Å². The number of hydrogen-bond donors (Lipinski definition) is 0. The van der Waals surface area contributed by atoms with Gasteiger partial charge in [-0.2, -0.15) is 0 Å². The Kier molecular flexibility index (Phi) is 7.78. The van der Waals surface area contributed by atoms with Crippen LogP contribution in [-0.2, 0) is 25.6 Å². The molecule has 1 aliphatic heterocycles. The van der Waals surface area contributed by atoms with E-state index < -0.39 is 17.9 Å². The maximum Gasteiger partial charge on any atom is 0.373 e. The lowest BCUT2D eigenvalue weighted by atomic mass is 9.83. The highest BCUT2D eigenvalue weighted by atomic mass is 16.5.